The lowest BCUT2D eigenvalue weighted by Crippen LogP contribution is -2.01. The Morgan fingerprint density at radius 3 is 3.09 bits per heavy atom. The summed E-state index contributed by atoms with van der Waals surface area (Å²) in [6.45, 7) is 0.234. The highest BCUT2D eigenvalue weighted by molar-refractivity contribution is 7.16. The van der Waals surface area contributed by atoms with E-state index in [2.05, 4.69) is 15.3 Å². The summed E-state index contributed by atoms with van der Waals surface area (Å²) in [7, 11) is 1.84. The fraction of sp³-hybridized carbons (Fsp3) is 0.200. The standard InChI is InChI=1S/C15H15N3O3S/c1-16-15-17-9-11(22-15)3-5-14-18-12-4-2-10(20-7-6-19)8-13(12)21-14/h2-5,8-9,19H,6-7H2,1H3,(H,16,17)/b5-3+. The summed E-state index contributed by atoms with van der Waals surface area (Å²) >= 11 is 1.55. The number of oxazole rings is 1. The quantitative estimate of drug-likeness (QED) is 0.727. The fourth-order valence-electron chi connectivity index (χ4n) is 1.88. The lowest BCUT2D eigenvalue weighted by Gasteiger charge is -2.02. The van der Waals surface area contributed by atoms with Crippen LogP contribution in [0.1, 0.15) is 10.8 Å². The molecular formula is C15H15N3O3S. The second-order valence-electron chi connectivity index (χ2n) is 4.40. The van der Waals surface area contributed by atoms with E-state index in [0.717, 1.165) is 15.5 Å². The van der Waals surface area contributed by atoms with Crippen LogP contribution < -0.4 is 10.1 Å². The molecule has 114 valence electrons. The molecule has 0 amide bonds. The van der Waals surface area contributed by atoms with E-state index < -0.39 is 0 Å². The number of nitrogens with zero attached hydrogens (tertiary/aromatic N) is 2. The number of thiazole rings is 1. The fourth-order valence-corrected chi connectivity index (χ4v) is 2.55. The molecule has 0 aliphatic rings. The van der Waals surface area contributed by atoms with Crippen LogP contribution in [0.15, 0.2) is 28.8 Å². The van der Waals surface area contributed by atoms with Crippen LogP contribution in [0.3, 0.4) is 0 Å². The Hall–Kier alpha value is -2.38. The van der Waals surface area contributed by atoms with Crippen molar-refractivity contribution in [2.45, 2.75) is 0 Å². The third-order valence-corrected chi connectivity index (χ3v) is 3.84. The van der Waals surface area contributed by atoms with Crippen LogP contribution in [0.25, 0.3) is 23.3 Å². The molecule has 7 heteroatoms. The van der Waals surface area contributed by atoms with Gasteiger partial charge in [0.05, 0.1) is 6.61 Å². The van der Waals surface area contributed by atoms with Crippen LogP contribution in [0.2, 0.25) is 0 Å². The number of hydrogen-bond donors (Lipinski definition) is 2. The summed E-state index contributed by atoms with van der Waals surface area (Å²) in [5, 5.41) is 12.6. The highest BCUT2D eigenvalue weighted by Gasteiger charge is 2.05. The molecule has 0 atom stereocenters. The van der Waals surface area contributed by atoms with Gasteiger partial charge in [0.2, 0.25) is 5.89 Å². The Labute approximate surface area is 131 Å². The second kappa shape index (κ2) is 6.59. The van der Waals surface area contributed by atoms with Gasteiger partial charge in [-0.05, 0) is 18.2 Å². The number of benzene rings is 1. The summed E-state index contributed by atoms with van der Waals surface area (Å²) in [5.74, 6) is 1.17. The van der Waals surface area contributed by atoms with Gasteiger partial charge in [0.15, 0.2) is 10.7 Å². The number of nitrogens with one attached hydrogen (secondary N) is 1. The number of hydrogen-bond acceptors (Lipinski definition) is 7. The largest absolute Gasteiger partial charge is 0.491 e. The van der Waals surface area contributed by atoms with Crippen molar-refractivity contribution in [3.8, 4) is 5.75 Å². The van der Waals surface area contributed by atoms with Crippen molar-refractivity contribution in [1.82, 2.24) is 9.97 Å². The van der Waals surface area contributed by atoms with E-state index >= 15 is 0 Å². The number of fused-ring (bicyclic) bond motifs is 1. The van der Waals surface area contributed by atoms with Gasteiger partial charge >= 0.3 is 0 Å². The van der Waals surface area contributed by atoms with Crippen LogP contribution in [0, 0.1) is 0 Å². The Morgan fingerprint density at radius 1 is 1.41 bits per heavy atom. The average molecular weight is 317 g/mol. The first kappa shape index (κ1) is 14.6. The predicted octanol–water partition coefficient (Wildman–Crippen LogP) is 2.87. The maximum Gasteiger partial charge on any atom is 0.220 e. The van der Waals surface area contributed by atoms with Gasteiger partial charge in [0.25, 0.3) is 0 Å². The van der Waals surface area contributed by atoms with E-state index in [4.69, 9.17) is 14.3 Å². The molecule has 3 rings (SSSR count). The minimum Gasteiger partial charge on any atom is -0.491 e. The molecule has 1 aromatic carbocycles. The summed E-state index contributed by atoms with van der Waals surface area (Å²) in [6, 6.07) is 5.40. The summed E-state index contributed by atoms with van der Waals surface area (Å²) in [4.78, 5) is 9.60. The molecule has 0 radical (unpaired) electrons. The zero-order valence-corrected chi connectivity index (χ0v) is 12.8. The molecule has 0 bridgehead atoms. The Balaban J connectivity index is 1.79. The minimum atomic E-state index is -0.0219. The molecule has 0 aliphatic heterocycles. The van der Waals surface area contributed by atoms with E-state index in [1.165, 1.54) is 0 Å². The Bertz CT molecular complexity index is 794. The number of aliphatic hydroxyl groups excluding tert-OH is 1. The summed E-state index contributed by atoms with van der Waals surface area (Å²) in [6.07, 6.45) is 5.50. The molecule has 0 spiro atoms. The highest BCUT2D eigenvalue weighted by Crippen LogP contribution is 2.24. The topological polar surface area (TPSA) is 80.4 Å². The van der Waals surface area contributed by atoms with E-state index in [1.54, 1.807) is 35.7 Å². The predicted molar refractivity (Wildman–Crippen MR) is 87.2 cm³/mol. The van der Waals surface area contributed by atoms with Gasteiger partial charge < -0.3 is 19.6 Å². The molecular weight excluding hydrogens is 302 g/mol. The van der Waals surface area contributed by atoms with Gasteiger partial charge in [-0.15, -0.1) is 0 Å². The van der Waals surface area contributed by atoms with Crippen LogP contribution in [-0.2, 0) is 0 Å². The van der Waals surface area contributed by atoms with Crippen molar-refractivity contribution >= 4 is 39.7 Å². The molecule has 6 nitrogen and oxygen atoms in total. The lowest BCUT2D eigenvalue weighted by atomic mass is 10.3. The zero-order chi connectivity index (χ0) is 15.4. The van der Waals surface area contributed by atoms with Crippen LogP contribution in [0.5, 0.6) is 5.75 Å². The first-order chi connectivity index (χ1) is 10.8. The van der Waals surface area contributed by atoms with Crippen molar-refractivity contribution in [3.63, 3.8) is 0 Å². The molecule has 2 aromatic heterocycles. The average Bonchev–Trinajstić information content (AvgIpc) is 3.16. The Kier molecular flexibility index (Phi) is 4.36. The summed E-state index contributed by atoms with van der Waals surface area (Å²) < 4.78 is 11.0. The highest BCUT2D eigenvalue weighted by atomic mass is 32.1. The number of aliphatic hydroxyl groups is 1. The van der Waals surface area contributed by atoms with E-state index in [-0.39, 0.29) is 13.2 Å². The number of rotatable bonds is 6. The third-order valence-electron chi connectivity index (χ3n) is 2.86. The van der Waals surface area contributed by atoms with Crippen LogP contribution in [0.4, 0.5) is 5.13 Å². The smallest absolute Gasteiger partial charge is 0.220 e. The minimum absolute atomic E-state index is 0.0219. The number of ether oxygens (including phenoxy) is 1. The van der Waals surface area contributed by atoms with Crippen LogP contribution in [-0.4, -0.2) is 35.3 Å². The molecule has 0 saturated carbocycles. The SMILES string of the molecule is CNc1ncc(/C=C/c2nc3ccc(OCCO)cc3o2)s1. The van der Waals surface area contributed by atoms with Gasteiger partial charge in [-0.2, -0.15) is 0 Å². The molecule has 0 saturated heterocycles. The van der Waals surface area contributed by atoms with Gasteiger partial charge in [-0.25, -0.2) is 9.97 Å². The molecule has 0 fully saturated rings. The van der Waals surface area contributed by atoms with E-state index in [1.807, 2.05) is 19.2 Å². The third kappa shape index (κ3) is 3.26. The molecule has 0 aliphatic carbocycles. The number of aromatic nitrogens is 2. The van der Waals surface area contributed by atoms with Crippen molar-refractivity contribution in [2.75, 3.05) is 25.6 Å². The molecule has 3 aromatic rings. The first-order valence-corrected chi connectivity index (χ1v) is 7.56. The zero-order valence-electron chi connectivity index (χ0n) is 11.9. The van der Waals surface area contributed by atoms with Gasteiger partial charge in [-0.1, -0.05) is 11.3 Å². The maximum atomic E-state index is 8.76. The van der Waals surface area contributed by atoms with Crippen molar-refractivity contribution in [2.24, 2.45) is 0 Å². The normalized spacial score (nSPS) is 11.4. The van der Waals surface area contributed by atoms with Crippen molar-refractivity contribution in [3.05, 3.63) is 35.2 Å². The second-order valence-corrected chi connectivity index (χ2v) is 5.47. The first-order valence-electron chi connectivity index (χ1n) is 6.74. The van der Waals surface area contributed by atoms with Crippen molar-refractivity contribution in [1.29, 1.82) is 0 Å². The van der Waals surface area contributed by atoms with Gasteiger partial charge in [-0.3, -0.25) is 0 Å². The Morgan fingerprint density at radius 2 is 2.32 bits per heavy atom. The molecule has 2 heterocycles. The van der Waals surface area contributed by atoms with Crippen LogP contribution >= 0.6 is 11.3 Å². The lowest BCUT2D eigenvalue weighted by molar-refractivity contribution is 0.201. The van der Waals surface area contributed by atoms with E-state index in [0.29, 0.717) is 17.2 Å². The summed E-state index contributed by atoms with van der Waals surface area (Å²) in [5.41, 5.74) is 1.41. The van der Waals surface area contributed by atoms with Gasteiger partial charge in [0.1, 0.15) is 17.9 Å². The monoisotopic (exact) mass is 317 g/mol. The number of anilines is 1. The molecule has 22 heavy (non-hydrogen) atoms. The maximum absolute atomic E-state index is 8.76. The van der Waals surface area contributed by atoms with E-state index in [9.17, 15) is 0 Å². The molecule has 2 N–H and O–H groups in total. The van der Waals surface area contributed by atoms with Gasteiger partial charge in [0, 0.05) is 30.3 Å². The molecule has 0 unspecified atom stereocenters. The van der Waals surface area contributed by atoms with Crippen molar-refractivity contribution < 1.29 is 14.3 Å².